The van der Waals surface area contributed by atoms with E-state index in [-0.39, 0.29) is 0 Å². The van der Waals surface area contributed by atoms with E-state index in [0.29, 0.717) is 12.1 Å². The van der Waals surface area contributed by atoms with Crippen LogP contribution in [0.3, 0.4) is 0 Å². The maximum atomic E-state index is 10.6. The van der Waals surface area contributed by atoms with Crippen molar-refractivity contribution >= 4 is 16.5 Å². The molecule has 3 nitrogen and oxygen atoms in total. The standard InChI is InChI=1S/C18H20N2O/c19-12-14-8-9-17(16-7-3-2-6-15(14)16)20-13-18(21)10-4-1-5-11-18/h2-3,6-9,20-21H,1,4-5,10-11,13H2. The molecule has 21 heavy (non-hydrogen) atoms. The number of rotatable bonds is 3. The fraction of sp³-hybridized carbons (Fsp3) is 0.389. The molecule has 1 aliphatic carbocycles. The maximum Gasteiger partial charge on any atom is 0.0998 e. The first-order valence-corrected chi connectivity index (χ1v) is 7.60. The van der Waals surface area contributed by atoms with Crippen LogP contribution in [0.5, 0.6) is 0 Å². The second-order valence-electron chi connectivity index (χ2n) is 5.96. The summed E-state index contributed by atoms with van der Waals surface area (Å²) in [5.74, 6) is 0. The Balaban J connectivity index is 1.86. The molecule has 2 N–H and O–H groups in total. The van der Waals surface area contributed by atoms with Gasteiger partial charge in [-0.15, -0.1) is 0 Å². The molecule has 0 aliphatic heterocycles. The van der Waals surface area contributed by atoms with E-state index in [1.54, 1.807) is 0 Å². The van der Waals surface area contributed by atoms with Crippen molar-refractivity contribution in [2.45, 2.75) is 37.7 Å². The molecule has 0 amide bonds. The van der Waals surface area contributed by atoms with E-state index in [2.05, 4.69) is 11.4 Å². The second-order valence-corrected chi connectivity index (χ2v) is 5.96. The van der Waals surface area contributed by atoms with Crippen molar-refractivity contribution in [3.8, 4) is 6.07 Å². The molecule has 0 spiro atoms. The minimum Gasteiger partial charge on any atom is -0.388 e. The Kier molecular flexibility index (Phi) is 3.81. The molecule has 0 saturated heterocycles. The number of nitriles is 1. The van der Waals surface area contributed by atoms with E-state index in [0.717, 1.165) is 42.1 Å². The molecular formula is C18H20N2O. The quantitative estimate of drug-likeness (QED) is 0.898. The molecule has 108 valence electrons. The highest BCUT2D eigenvalue weighted by atomic mass is 16.3. The Morgan fingerprint density at radius 3 is 2.48 bits per heavy atom. The molecule has 0 aromatic heterocycles. The van der Waals surface area contributed by atoms with E-state index in [1.807, 2.05) is 36.4 Å². The molecule has 0 heterocycles. The molecule has 3 heteroatoms. The van der Waals surface area contributed by atoms with Gasteiger partial charge >= 0.3 is 0 Å². The summed E-state index contributed by atoms with van der Waals surface area (Å²) in [6, 6.07) is 13.9. The summed E-state index contributed by atoms with van der Waals surface area (Å²) >= 11 is 0. The summed E-state index contributed by atoms with van der Waals surface area (Å²) in [6.07, 6.45) is 5.17. The largest absolute Gasteiger partial charge is 0.388 e. The second kappa shape index (κ2) is 5.75. The zero-order chi connectivity index (χ0) is 14.7. The summed E-state index contributed by atoms with van der Waals surface area (Å²) in [5, 5.41) is 25.2. The summed E-state index contributed by atoms with van der Waals surface area (Å²) in [7, 11) is 0. The monoisotopic (exact) mass is 280 g/mol. The zero-order valence-corrected chi connectivity index (χ0v) is 12.1. The lowest BCUT2D eigenvalue weighted by Crippen LogP contribution is -2.38. The predicted molar refractivity (Wildman–Crippen MR) is 85.2 cm³/mol. The Labute approximate surface area is 125 Å². The van der Waals surface area contributed by atoms with Gasteiger partial charge < -0.3 is 10.4 Å². The Morgan fingerprint density at radius 2 is 1.76 bits per heavy atom. The Hall–Kier alpha value is -2.05. The lowest BCUT2D eigenvalue weighted by atomic mass is 9.85. The van der Waals surface area contributed by atoms with Crippen molar-refractivity contribution in [3.63, 3.8) is 0 Å². The van der Waals surface area contributed by atoms with E-state index < -0.39 is 5.60 Å². The summed E-state index contributed by atoms with van der Waals surface area (Å²) in [5.41, 5.74) is 1.09. The summed E-state index contributed by atoms with van der Waals surface area (Å²) < 4.78 is 0. The molecule has 0 unspecified atom stereocenters. The first-order chi connectivity index (χ1) is 10.2. The highest BCUT2D eigenvalue weighted by molar-refractivity contribution is 5.97. The van der Waals surface area contributed by atoms with E-state index in [1.165, 1.54) is 6.42 Å². The fourth-order valence-electron chi connectivity index (χ4n) is 3.20. The average Bonchev–Trinajstić information content (AvgIpc) is 2.53. The Bertz CT molecular complexity index is 681. The Morgan fingerprint density at radius 1 is 1.05 bits per heavy atom. The van der Waals surface area contributed by atoms with Crippen LogP contribution in [-0.4, -0.2) is 17.3 Å². The van der Waals surface area contributed by atoms with Gasteiger partial charge in [-0.3, -0.25) is 0 Å². The third kappa shape index (κ3) is 2.86. The number of benzene rings is 2. The number of anilines is 1. The molecule has 2 aromatic carbocycles. The number of nitrogens with one attached hydrogen (secondary N) is 1. The van der Waals surface area contributed by atoms with Crippen LogP contribution in [-0.2, 0) is 0 Å². The smallest absolute Gasteiger partial charge is 0.0998 e. The van der Waals surface area contributed by atoms with Gasteiger partial charge in [-0.25, -0.2) is 0 Å². The van der Waals surface area contributed by atoms with Crippen LogP contribution >= 0.6 is 0 Å². The molecule has 1 saturated carbocycles. The molecule has 2 aromatic rings. The van der Waals surface area contributed by atoms with Crippen LogP contribution in [0.15, 0.2) is 36.4 Å². The summed E-state index contributed by atoms with van der Waals surface area (Å²) in [6.45, 7) is 0.572. The minimum absolute atomic E-state index is 0.572. The van der Waals surface area contributed by atoms with Crippen molar-refractivity contribution in [3.05, 3.63) is 42.0 Å². The van der Waals surface area contributed by atoms with E-state index >= 15 is 0 Å². The molecule has 0 bridgehead atoms. The van der Waals surface area contributed by atoms with Crippen LogP contribution in [0.2, 0.25) is 0 Å². The van der Waals surface area contributed by atoms with Gasteiger partial charge in [0.05, 0.1) is 17.2 Å². The first kappa shape index (κ1) is 13.9. The van der Waals surface area contributed by atoms with Crippen molar-refractivity contribution < 1.29 is 5.11 Å². The van der Waals surface area contributed by atoms with Crippen LogP contribution in [0.1, 0.15) is 37.7 Å². The summed E-state index contributed by atoms with van der Waals surface area (Å²) in [4.78, 5) is 0. The van der Waals surface area contributed by atoms with Gasteiger partial charge in [-0.2, -0.15) is 5.26 Å². The molecule has 3 rings (SSSR count). The van der Waals surface area contributed by atoms with Gasteiger partial charge in [0.2, 0.25) is 0 Å². The highest BCUT2D eigenvalue weighted by Gasteiger charge is 2.28. The number of nitrogens with zero attached hydrogens (tertiary/aromatic N) is 1. The number of hydrogen-bond acceptors (Lipinski definition) is 3. The third-order valence-electron chi connectivity index (χ3n) is 4.44. The molecule has 0 atom stereocenters. The van der Waals surface area contributed by atoms with Gasteiger partial charge in [0.15, 0.2) is 0 Å². The number of hydrogen-bond donors (Lipinski definition) is 2. The SMILES string of the molecule is N#Cc1ccc(NCC2(O)CCCCC2)c2ccccc12. The molecule has 0 radical (unpaired) electrons. The zero-order valence-electron chi connectivity index (χ0n) is 12.1. The lowest BCUT2D eigenvalue weighted by molar-refractivity contribution is 0.0167. The van der Waals surface area contributed by atoms with Crippen molar-refractivity contribution in [1.29, 1.82) is 5.26 Å². The van der Waals surface area contributed by atoms with Crippen LogP contribution in [0.4, 0.5) is 5.69 Å². The van der Waals surface area contributed by atoms with Gasteiger partial charge in [-0.05, 0) is 25.0 Å². The molecular weight excluding hydrogens is 260 g/mol. The van der Waals surface area contributed by atoms with Gasteiger partial charge in [0, 0.05) is 23.0 Å². The predicted octanol–water partition coefficient (Wildman–Crippen LogP) is 3.82. The lowest BCUT2D eigenvalue weighted by Gasteiger charge is -2.32. The van der Waals surface area contributed by atoms with Crippen LogP contribution in [0, 0.1) is 11.3 Å². The fourth-order valence-corrected chi connectivity index (χ4v) is 3.20. The number of fused-ring (bicyclic) bond motifs is 1. The molecule has 1 fully saturated rings. The van der Waals surface area contributed by atoms with Gasteiger partial charge in [0.1, 0.15) is 0 Å². The highest BCUT2D eigenvalue weighted by Crippen LogP contribution is 2.30. The normalized spacial score (nSPS) is 17.3. The first-order valence-electron chi connectivity index (χ1n) is 7.60. The topological polar surface area (TPSA) is 56.0 Å². The minimum atomic E-state index is -0.590. The van der Waals surface area contributed by atoms with Crippen LogP contribution in [0.25, 0.3) is 10.8 Å². The van der Waals surface area contributed by atoms with Crippen molar-refractivity contribution in [1.82, 2.24) is 0 Å². The van der Waals surface area contributed by atoms with Gasteiger partial charge in [0.25, 0.3) is 0 Å². The third-order valence-corrected chi connectivity index (χ3v) is 4.44. The van der Waals surface area contributed by atoms with E-state index in [9.17, 15) is 10.4 Å². The number of aliphatic hydroxyl groups is 1. The molecule has 1 aliphatic rings. The average molecular weight is 280 g/mol. The van der Waals surface area contributed by atoms with Crippen LogP contribution < -0.4 is 5.32 Å². The van der Waals surface area contributed by atoms with Crippen molar-refractivity contribution in [2.24, 2.45) is 0 Å². The van der Waals surface area contributed by atoms with Crippen molar-refractivity contribution in [2.75, 3.05) is 11.9 Å². The maximum absolute atomic E-state index is 10.6. The van der Waals surface area contributed by atoms with E-state index in [4.69, 9.17) is 0 Å². The van der Waals surface area contributed by atoms with Gasteiger partial charge in [-0.1, -0.05) is 43.5 Å².